The van der Waals surface area contributed by atoms with E-state index in [9.17, 15) is 9.59 Å². The van der Waals surface area contributed by atoms with E-state index in [-0.39, 0.29) is 11.3 Å². The predicted molar refractivity (Wildman–Crippen MR) is 112 cm³/mol. The Balaban J connectivity index is 1.72. The maximum Gasteiger partial charge on any atom is 0.347 e. The van der Waals surface area contributed by atoms with Gasteiger partial charge in [0.2, 0.25) is 13.7 Å². The smallest absolute Gasteiger partial charge is 0.347 e. The number of benzene rings is 3. The van der Waals surface area contributed by atoms with E-state index in [1.807, 2.05) is 30.3 Å². The molecule has 0 amide bonds. The molecule has 4 aromatic rings. The van der Waals surface area contributed by atoms with E-state index < -0.39 is 11.8 Å². The molecule has 0 spiro atoms. The number of hydrogen-bond acceptors (Lipinski definition) is 6. The summed E-state index contributed by atoms with van der Waals surface area (Å²) in [7, 11) is 5.18. The Morgan fingerprint density at radius 2 is 1.66 bits per heavy atom. The molecule has 0 unspecified atom stereocenters. The molecule has 0 fully saturated rings. The second-order valence-electron chi connectivity index (χ2n) is 6.17. The van der Waals surface area contributed by atoms with E-state index in [1.165, 1.54) is 6.07 Å². The van der Waals surface area contributed by atoms with Gasteiger partial charge < -0.3 is 9.47 Å². The monoisotopic (exact) mass is 399 g/mol. The van der Waals surface area contributed by atoms with Crippen LogP contribution >= 0.6 is 11.3 Å². The predicted octanol–water partition coefficient (Wildman–Crippen LogP) is 4.77. The highest BCUT2D eigenvalue weighted by molar-refractivity contribution is 7.18. The van der Waals surface area contributed by atoms with Crippen molar-refractivity contribution in [3.05, 3.63) is 88.9 Å². The van der Waals surface area contributed by atoms with Crippen molar-refractivity contribution in [1.29, 1.82) is 0 Å². The van der Waals surface area contributed by atoms with Crippen LogP contribution in [0.5, 0.6) is 11.5 Å². The van der Waals surface area contributed by atoms with E-state index in [2.05, 4.69) is 4.98 Å². The first-order valence-electron chi connectivity index (χ1n) is 8.81. The van der Waals surface area contributed by atoms with Crippen LogP contribution in [0.1, 0.15) is 20.9 Å². The Hall–Kier alpha value is -3.45. The molecular weight excluding hydrogens is 385 g/mol. The SMILES string of the molecule is [B]C(=O)Oc1cccc(Cc2nc3ccccc3s2)c1C(=O)Oc1ccccc1. The minimum atomic E-state index is -1.00. The van der Waals surface area contributed by atoms with Gasteiger partial charge in [-0.05, 0) is 35.9 Å². The van der Waals surface area contributed by atoms with E-state index in [0.29, 0.717) is 17.7 Å². The molecule has 1 heterocycles. The maximum atomic E-state index is 12.9. The van der Waals surface area contributed by atoms with Gasteiger partial charge in [-0.15, -0.1) is 11.3 Å². The van der Waals surface area contributed by atoms with Crippen LogP contribution in [0.4, 0.5) is 4.79 Å². The summed E-state index contributed by atoms with van der Waals surface area (Å²) in [6.07, 6.45) is 0.383. The fourth-order valence-electron chi connectivity index (χ4n) is 2.95. The lowest BCUT2D eigenvalue weighted by atomic mass is 10.0. The lowest BCUT2D eigenvalue weighted by molar-refractivity contribution is 0.0731. The van der Waals surface area contributed by atoms with Crippen molar-refractivity contribution in [2.24, 2.45) is 0 Å². The fourth-order valence-corrected chi connectivity index (χ4v) is 3.94. The van der Waals surface area contributed by atoms with Crippen molar-refractivity contribution in [1.82, 2.24) is 4.98 Å². The number of carbonyl (C=O) groups is 2. The first-order valence-corrected chi connectivity index (χ1v) is 9.62. The number of aromatic nitrogens is 1. The quantitative estimate of drug-likeness (QED) is 0.275. The molecule has 1 aromatic heterocycles. The third-order valence-electron chi connectivity index (χ3n) is 4.16. The van der Waals surface area contributed by atoms with Crippen molar-refractivity contribution in [2.75, 3.05) is 0 Å². The number of thiazole rings is 1. The highest BCUT2D eigenvalue weighted by atomic mass is 32.1. The summed E-state index contributed by atoms with van der Waals surface area (Å²) in [6.45, 7) is 0. The van der Waals surface area contributed by atoms with Gasteiger partial charge >= 0.3 is 5.97 Å². The van der Waals surface area contributed by atoms with Crippen molar-refractivity contribution < 1.29 is 19.1 Å². The Bertz CT molecular complexity index is 1160. The van der Waals surface area contributed by atoms with Gasteiger partial charge in [0.25, 0.3) is 0 Å². The van der Waals surface area contributed by atoms with Gasteiger partial charge in [-0.25, -0.2) is 9.78 Å². The first kappa shape index (κ1) is 18.9. The standard InChI is InChI=1S/C22H14BNO4S/c23-22(26)28-17-11-6-7-14(13-19-24-16-10-4-5-12-18(16)29-19)20(17)21(25)27-15-8-2-1-3-9-15/h1-12H,13H2. The summed E-state index contributed by atoms with van der Waals surface area (Å²) in [6, 6.07) is 21.5. The number of rotatable bonds is 5. The molecule has 3 aromatic carbocycles. The number of fused-ring (bicyclic) bond motifs is 1. The average Bonchev–Trinajstić information content (AvgIpc) is 3.10. The number of esters is 1. The van der Waals surface area contributed by atoms with Crippen LogP contribution in [-0.4, -0.2) is 24.7 Å². The number of carbonyl (C=O) groups excluding carboxylic acids is 2. The summed E-state index contributed by atoms with van der Waals surface area (Å²) in [5, 5.41) is 0.830. The highest BCUT2D eigenvalue weighted by Gasteiger charge is 2.22. The number of ether oxygens (including phenoxy) is 2. The van der Waals surface area contributed by atoms with E-state index in [0.717, 1.165) is 15.2 Å². The topological polar surface area (TPSA) is 65.5 Å². The van der Waals surface area contributed by atoms with Crippen LogP contribution in [-0.2, 0) is 6.42 Å². The zero-order valence-corrected chi connectivity index (χ0v) is 16.0. The van der Waals surface area contributed by atoms with Gasteiger partial charge in [0.05, 0.1) is 15.2 Å². The van der Waals surface area contributed by atoms with E-state index in [1.54, 1.807) is 47.7 Å². The molecule has 0 N–H and O–H groups in total. The third kappa shape index (κ3) is 4.36. The summed E-state index contributed by atoms with van der Waals surface area (Å²) >= 11 is 1.54. The molecule has 7 heteroatoms. The Morgan fingerprint density at radius 1 is 0.897 bits per heavy atom. The van der Waals surface area contributed by atoms with Gasteiger partial charge in [-0.3, -0.25) is 4.79 Å². The van der Waals surface area contributed by atoms with Crippen LogP contribution < -0.4 is 9.47 Å². The molecule has 0 aliphatic carbocycles. The Labute approximate surface area is 172 Å². The second-order valence-corrected chi connectivity index (χ2v) is 7.28. The second kappa shape index (κ2) is 8.28. The van der Waals surface area contributed by atoms with Gasteiger partial charge in [0.15, 0.2) is 0 Å². The molecule has 0 aliphatic rings. The molecule has 0 saturated carbocycles. The number of nitrogens with zero attached hydrogens (tertiary/aromatic N) is 1. The van der Waals surface area contributed by atoms with Gasteiger partial charge in [-0.1, -0.05) is 42.5 Å². The van der Waals surface area contributed by atoms with Crippen molar-refractivity contribution >= 4 is 41.2 Å². The summed E-state index contributed by atoms with van der Waals surface area (Å²) in [5.41, 5.74) is 1.67. The normalized spacial score (nSPS) is 10.6. The van der Waals surface area contributed by atoms with E-state index >= 15 is 0 Å². The van der Waals surface area contributed by atoms with Gasteiger partial charge in [-0.2, -0.15) is 0 Å². The van der Waals surface area contributed by atoms with Crippen LogP contribution in [0.3, 0.4) is 0 Å². The number of hydrogen-bond donors (Lipinski definition) is 0. The summed E-state index contributed by atoms with van der Waals surface area (Å²) in [5.74, 6) is -1.20. The highest BCUT2D eigenvalue weighted by Crippen LogP contribution is 2.29. The minimum absolute atomic E-state index is 0.0528. The third-order valence-corrected chi connectivity index (χ3v) is 5.20. The number of para-hydroxylation sites is 2. The molecule has 29 heavy (non-hydrogen) atoms. The Kier molecular flexibility index (Phi) is 5.40. The minimum Gasteiger partial charge on any atom is -0.435 e. The van der Waals surface area contributed by atoms with Crippen molar-refractivity contribution in [3.63, 3.8) is 0 Å². The molecular formula is C22H14BNO4S. The molecule has 5 nitrogen and oxygen atoms in total. The fraction of sp³-hybridized carbons (Fsp3) is 0.0455. The van der Waals surface area contributed by atoms with E-state index in [4.69, 9.17) is 17.3 Å². The van der Waals surface area contributed by atoms with Crippen LogP contribution in [0, 0.1) is 0 Å². The van der Waals surface area contributed by atoms with Crippen LogP contribution in [0.2, 0.25) is 0 Å². The largest absolute Gasteiger partial charge is 0.435 e. The van der Waals surface area contributed by atoms with Crippen LogP contribution in [0.25, 0.3) is 10.2 Å². The van der Waals surface area contributed by atoms with Crippen molar-refractivity contribution in [2.45, 2.75) is 6.42 Å². The summed E-state index contributed by atoms with van der Waals surface area (Å²) in [4.78, 5) is 28.9. The Morgan fingerprint density at radius 3 is 2.41 bits per heavy atom. The molecule has 0 saturated heterocycles. The van der Waals surface area contributed by atoms with Gasteiger partial charge in [0, 0.05) is 6.42 Å². The lowest BCUT2D eigenvalue weighted by Crippen LogP contribution is -2.16. The molecule has 0 aliphatic heterocycles. The zero-order valence-electron chi connectivity index (χ0n) is 15.2. The molecule has 0 bridgehead atoms. The van der Waals surface area contributed by atoms with Crippen molar-refractivity contribution in [3.8, 4) is 11.5 Å². The lowest BCUT2D eigenvalue weighted by Gasteiger charge is -2.13. The van der Waals surface area contributed by atoms with Crippen LogP contribution in [0.15, 0.2) is 72.8 Å². The summed E-state index contributed by atoms with van der Waals surface area (Å²) < 4.78 is 11.6. The molecule has 2 radical (unpaired) electrons. The molecule has 4 rings (SSSR count). The maximum absolute atomic E-state index is 12.9. The van der Waals surface area contributed by atoms with Gasteiger partial charge in [0.1, 0.15) is 17.1 Å². The molecule has 0 atom stereocenters. The first-order chi connectivity index (χ1) is 14.1. The molecule has 140 valence electrons. The average molecular weight is 399 g/mol. The zero-order chi connectivity index (χ0) is 20.2.